The average Bonchev–Trinajstić information content (AvgIpc) is 1.79. The van der Waals surface area contributed by atoms with Crippen LogP contribution in [0.3, 0.4) is 0 Å². The molecule has 0 N–H and O–H groups in total. The lowest BCUT2D eigenvalue weighted by molar-refractivity contribution is -0.317. The van der Waals surface area contributed by atoms with Crippen LogP contribution in [0.5, 0.6) is 0 Å². The Labute approximate surface area is 83.1 Å². The van der Waals surface area contributed by atoms with Crippen molar-refractivity contribution in [1.82, 2.24) is 14.7 Å². The van der Waals surface area contributed by atoms with E-state index in [1.807, 2.05) is 0 Å². The van der Waals surface area contributed by atoms with E-state index in [4.69, 9.17) is 0 Å². The van der Waals surface area contributed by atoms with Crippen LogP contribution in [-0.4, -0.2) is 68.9 Å². The molecule has 0 aromatic heterocycles. The van der Waals surface area contributed by atoms with Gasteiger partial charge in [0.15, 0.2) is 0 Å². The molecule has 0 aliphatic heterocycles. The number of rotatable bonds is 3. The molecular weight excluding hydrogens is 195 g/mol. The number of nitrogens with zero attached hydrogens (tertiary/aromatic N) is 3. The Morgan fingerprint density at radius 2 is 0.857 bits per heavy atom. The summed E-state index contributed by atoms with van der Waals surface area (Å²) in [5.41, 5.74) is 0. The second kappa shape index (κ2) is 4.04. The van der Waals surface area contributed by atoms with Crippen molar-refractivity contribution in [2.24, 2.45) is 0 Å². The molecule has 0 unspecified atom stereocenters. The second-order valence-electron chi connectivity index (χ2n) is 3.82. The van der Waals surface area contributed by atoms with Crippen molar-refractivity contribution in [1.29, 1.82) is 0 Å². The SMILES string of the molecule is CN(C)C(N(C)C)(N(C)C)C(F)(F)F. The molecule has 0 saturated carbocycles. The summed E-state index contributed by atoms with van der Waals surface area (Å²) in [5.74, 6) is -2.06. The molecule has 0 aliphatic carbocycles. The monoisotopic (exact) mass is 213 g/mol. The zero-order valence-electron chi connectivity index (χ0n) is 9.48. The van der Waals surface area contributed by atoms with Gasteiger partial charge in [0, 0.05) is 0 Å². The molecule has 0 aliphatic rings. The second-order valence-corrected chi connectivity index (χ2v) is 3.82. The van der Waals surface area contributed by atoms with Gasteiger partial charge in [-0.1, -0.05) is 0 Å². The van der Waals surface area contributed by atoms with E-state index in [0.717, 1.165) is 14.7 Å². The molecule has 0 spiro atoms. The first kappa shape index (κ1) is 13.7. The van der Waals surface area contributed by atoms with Gasteiger partial charge in [0.1, 0.15) is 0 Å². The van der Waals surface area contributed by atoms with Gasteiger partial charge in [-0.25, -0.2) is 0 Å². The summed E-state index contributed by atoms with van der Waals surface area (Å²) in [7, 11) is 8.46. The first-order chi connectivity index (χ1) is 6.08. The maximum atomic E-state index is 13.0. The van der Waals surface area contributed by atoms with Crippen molar-refractivity contribution in [2.45, 2.75) is 12.0 Å². The molecule has 86 valence electrons. The average molecular weight is 213 g/mol. The van der Waals surface area contributed by atoms with E-state index < -0.39 is 12.0 Å². The predicted octanol–water partition coefficient (Wildman–Crippen LogP) is 0.887. The Bertz CT molecular complexity index is 165. The summed E-state index contributed by atoms with van der Waals surface area (Å²) < 4.78 is 39.0. The van der Waals surface area contributed by atoms with Crippen molar-refractivity contribution in [3.05, 3.63) is 0 Å². The molecule has 0 radical (unpaired) electrons. The van der Waals surface area contributed by atoms with Crippen molar-refractivity contribution in [3.8, 4) is 0 Å². The van der Waals surface area contributed by atoms with Gasteiger partial charge in [-0.05, 0) is 42.3 Å². The van der Waals surface area contributed by atoms with E-state index in [9.17, 15) is 13.2 Å². The van der Waals surface area contributed by atoms with Gasteiger partial charge in [0.2, 0.25) is 5.79 Å². The highest BCUT2D eigenvalue weighted by molar-refractivity contribution is 4.89. The Hall–Kier alpha value is -0.330. The van der Waals surface area contributed by atoms with Crippen LogP contribution in [0.25, 0.3) is 0 Å². The third kappa shape index (κ3) is 1.87. The van der Waals surface area contributed by atoms with Crippen LogP contribution in [0.1, 0.15) is 0 Å². The van der Waals surface area contributed by atoms with Crippen LogP contribution < -0.4 is 0 Å². The van der Waals surface area contributed by atoms with Crippen molar-refractivity contribution >= 4 is 0 Å². The predicted molar refractivity (Wildman–Crippen MR) is 49.8 cm³/mol. The third-order valence-electron chi connectivity index (χ3n) is 2.25. The highest BCUT2D eigenvalue weighted by atomic mass is 19.4. The van der Waals surface area contributed by atoms with Gasteiger partial charge in [-0.15, -0.1) is 0 Å². The molecule has 0 amide bonds. The van der Waals surface area contributed by atoms with Gasteiger partial charge >= 0.3 is 6.18 Å². The van der Waals surface area contributed by atoms with Gasteiger partial charge < -0.3 is 0 Å². The summed E-state index contributed by atoms with van der Waals surface area (Å²) in [6, 6.07) is 0. The maximum Gasteiger partial charge on any atom is 0.434 e. The van der Waals surface area contributed by atoms with E-state index in [2.05, 4.69) is 0 Å². The smallest absolute Gasteiger partial charge is 0.271 e. The molecule has 0 rings (SSSR count). The maximum absolute atomic E-state index is 13.0. The number of hydrogen-bond acceptors (Lipinski definition) is 3. The molecule has 6 heteroatoms. The van der Waals surface area contributed by atoms with E-state index in [0.29, 0.717) is 0 Å². The lowest BCUT2D eigenvalue weighted by Gasteiger charge is -2.49. The molecule has 0 aromatic carbocycles. The quantitative estimate of drug-likeness (QED) is 0.645. The van der Waals surface area contributed by atoms with Crippen LogP contribution in [0.4, 0.5) is 13.2 Å². The van der Waals surface area contributed by atoms with E-state index in [1.165, 1.54) is 42.3 Å². The Morgan fingerprint density at radius 1 is 0.643 bits per heavy atom. The molecule has 0 fully saturated rings. The highest BCUT2D eigenvalue weighted by Crippen LogP contribution is 2.37. The van der Waals surface area contributed by atoms with Crippen LogP contribution >= 0.6 is 0 Å². The lowest BCUT2D eigenvalue weighted by atomic mass is 10.2. The summed E-state index contributed by atoms with van der Waals surface area (Å²) in [6.45, 7) is 0. The fourth-order valence-corrected chi connectivity index (χ4v) is 1.96. The summed E-state index contributed by atoms with van der Waals surface area (Å²) >= 11 is 0. The number of alkyl halides is 3. The molecule has 14 heavy (non-hydrogen) atoms. The van der Waals surface area contributed by atoms with Crippen LogP contribution in [0, 0.1) is 0 Å². The van der Waals surface area contributed by atoms with Crippen LogP contribution in [0.2, 0.25) is 0 Å². The molecule has 0 aromatic rings. The summed E-state index contributed by atoms with van der Waals surface area (Å²) in [6.07, 6.45) is -4.34. The van der Waals surface area contributed by atoms with Gasteiger partial charge in [-0.3, -0.25) is 14.7 Å². The number of hydrogen-bond donors (Lipinski definition) is 0. The van der Waals surface area contributed by atoms with E-state index >= 15 is 0 Å². The Kier molecular flexibility index (Phi) is 3.94. The third-order valence-corrected chi connectivity index (χ3v) is 2.25. The lowest BCUT2D eigenvalue weighted by Crippen LogP contribution is -2.72. The van der Waals surface area contributed by atoms with E-state index in [1.54, 1.807) is 0 Å². The topological polar surface area (TPSA) is 9.72 Å². The molecule has 3 nitrogen and oxygen atoms in total. The minimum absolute atomic E-state index is 1.15. The molecule has 0 atom stereocenters. The van der Waals surface area contributed by atoms with Crippen LogP contribution in [0.15, 0.2) is 0 Å². The minimum atomic E-state index is -4.34. The number of halogens is 3. The zero-order chi connectivity index (χ0) is 11.7. The van der Waals surface area contributed by atoms with E-state index in [-0.39, 0.29) is 0 Å². The Morgan fingerprint density at radius 3 is 0.857 bits per heavy atom. The van der Waals surface area contributed by atoms with Crippen molar-refractivity contribution in [3.63, 3.8) is 0 Å². The normalized spacial score (nSPS) is 14.6. The largest absolute Gasteiger partial charge is 0.434 e. The van der Waals surface area contributed by atoms with Crippen molar-refractivity contribution in [2.75, 3.05) is 42.3 Å². The minimum Gasteiger partial charge on any atom is -0.271 e. The molecular formula is C8H18F3N3. The van der Waals surface area contributed by atoms with Gasteiger partial charge in [0.05, 0.1) is 0 Å². The van der Waals surface area contributed by atoms with Gasteiger partial charge in [-0.2, -0.15) is 13.2 Å². The first-order valence-corrected chi connectivity index (χ1v) is 4.17. The van der Waals surface area contributed by atoms with Crippen LogP contribution in [-0.2, 0) is 0 Å². The van der Waals surface area contributed by atoms with Crippen molar-refractivity contribution < 1.29 is 13.2 Å². The standard InChI is InChI=1S/C8H18F3N3/c1-12(2)8(13(3)4,14(5)6)7(9,10)11/h1-6H3. The molecule has 0 heterocycles. The fourth-order valence-electron chi connectivity index (χ4n) is 1.96. The highest BCUT2D eigenvalue weighted by Gasteiger charge is 2.60. The Balaban J connectivity index is 5.40. The van der Waals surface area contributed by atoms with Gasteiger partial charge in [0.25, 0.3) is 0 Å². The first-order valence-electron chi connectivity index (χ1n) is 4.17. The summed E-state index contributed by atoms with van der Waals surface area (Å²) in [4.78, 5) is 3.44. The molecule has 0 bridgehead atoms. The molecule has 0 saturated heterocycles. The fraction of sp³-hybridized carbons (Fsp3) is 1.00. The zero-order valence-corrected chi connectivity index (χ0v) is 9.48. The summed E-state index contributed by atoms with van der Waals surface area (Å²) in [5, 5.41) is 0.